The number of amides is 2. The first-order valence-electron chi connectivity index (χ1n) is 8.62. The van der Waals surface area contributed by atoms with Crippen LogP contribution < -0.4 is 19.7 Å². The number of nitrogens with zero attached hydrogens (tertiary/aromatic N) is 2. The topological polar surface area (TPSA) is 72.8 Å². The molecule has 0 radical (unpaired) electrons. The van der Waals surface area contributed by atoms with E-state index < -0.39 is 0 Å². The van der Waals surface area contributed by atoms with Gasteiger partial charge in [-0.3, -0.25) is 9.59 Å². The van der Waals surface area contributed by atoms with Crippen molar-refractivity contribution in [1.29, 1.82) is 0 Å². The lowest BCUT2D eigenvalue weighted by atomic mass is 10.1. The van der Waals surface area contributed by atoms with Gasteiger partial charge < -0.3 is 24.3 Å². The van der Waals surface area contributed by atoms with Crippen molar-refractivity contribution < 1.29 is 19.1 Å². The summed E-state index contributed by atoms with van der Waals surface area (Å²) in [5.74, 6) is 0.795. The maximum Gasteiger partial charge on any atom is 0.231 e. The minimum absolute atomic E-state index is 0.0567. The molecular formula is C19H21N3O4. The van der Waals surface area contributed by atoms with Crippen molar-refractivity contribution >= 4 is 17.5 Å². The maximum absolute atomic E-state index is 12.5. The zero-order valence-electron chi connectivity index (χ0n) is 14.8. The maximum atomic E-state index is 12.5. The van der Waals surface area contributed by atoms with Crippen LogP contribution in [0.4, 0.5) is 5.69 Å². The van der Waals surface area contributed by atoms with E-state index in [0.717, 1.165) is 17.1 Å². The molecule has 0 bridgehead atoms. The number of carbonyl (C=O) groups excluding carboxylic acids is 2. The zero-order chi connectivity index (χ0) is 18.3. The molecule has 2 amide bonds. The molecule has 1 atom stereocenters. The molecule has 136 valence electrons. The van der Waals surface area contributed by atoms with Crippen LogP contribution in [0.2, 0.25) is 0 Å². The average Bonchev–Trinajstić information content (AvgIpc) is 3.33. The molecule has 0 saturated carbocycles. The summed E-state index contributed by atoms with van der Waals surface area (Å²) in [4.78, 5) is 26.5. The highest BCUT2D eigenvalue weighted by Gasteiger charge is 2.35. The number of nitrogens with one attached hydrogen (secondary N) is 1. The van der Waals surface area contributed by atoms with E-state index in [1.165, 1.54) is 0 Å². The van der Waals surface area contributed by atoms with E-state index >= 15 is 0 Å². The van der Waals surface area contributed by atoms with Gasteiger partial charge in [0.05, 0.1) is 12.5 Å². The smallest absolute Gasteiger partial charge is 0.231 e. The van der Waals surface area contributed by atoms with Gasteiger partial charge >= 0.3 is 0 Å². The third kappa shape index (κ3) is 2.89. The molecule has 4 rings (SSSR count). The van der Waals surface area contributed by atoms with Gasteiger partial charge in [0, 0.05) is 43.2 Å². The van der Waals surface area contributed by atoms with Gasteiger partial charge in [0.2, 0.25) is 18.6 Å². The van der Waals surface area contributed by atoms with Gasteiger partial charge in [0.1, 0.15) is 0 Å². The summed E-state index contributed by atoms with van der Waals surface area (Å²) in [5.41, 5.74) is 2.90. The summed E-state index contributed by atoms with van der Waals surface area (Å²) < 4.78 is 12.7. The van der Waals surface area contributed by atoms with Crippen molar-refractivity contribution in [3.8, 4) is 11.5 Å². The Labute approximate surface area is 151 Å². The fraction of sp³-hybridized carbons (Fsp3) is 0.368. The summed E-state index contributed by atoms with van der Waals surface area (Å²) >= 11 is 0. The first-order valence-corrected chi connectivity index (χ1v) is 8.62. The van der Waals surface area contributed by atoms with Crippen molar-refractivity contribution in [2.75, 3.05) is 18.2 Å². The van der Waals surface area contributed by atoms with Gasteiger partial charge in [0.25, 0.3) is 0 Å². The molecule has 2 aliphatic rings. The lowest BCUT2D eigenvalue weighted by molar-refractivity contribution is -0.126. The number of carbonyl (C=O) groups is 2. The van der Waals surface area contributed by atoms with Crippen LogP contribution in [0, 0.1) is 12.8 Å². The molecule has 1 saturated heterocycles. The van der Waals surface area contributed by atoms with Crippen molar-refractivity contribution in [3.63, 3.8) is 0 Å². The summed E-state index contributed by atoms with van der Waals surface area (Å²) in [7, 11) is 1.97. The number of ether oxygens (including phenoxy) is 2. The standard InChI is InChI=1S/C19H21N3O4/c1-12-3-4-15(21(12)2)9-20-19(24)13-7-18(23)22(10-13)14-5-6-16-17(8-14)26-11-25-16/h3-6,8,13H,7,9-11H2,1-2H3,(H,20,24). The summed E-state index contributed by atoms with van der Waals surface area (Å²) in [5, 5.41) is 2.95. The first kappa shape index (κ1) is 16.5. The van der Waals surface area contributed by atoms with E-state index in [1.54, 1.807) is 17.0 Å². The summed E-state index contributed by atoms with van der Waals surface area (Å²) in [6.07, 6.45) is 0.215. The highest BCUT2D eigenvalue weighted by molar-refractivity contribution is 6.00. The van der Waals surface area contributed by atoms with Gasteiger partial charge in [-0.25, -0.2) is 0 Å². The molecule has 1 aromatic heterocycles. The SMILES string of the molecule is Cc1ccc(CNC(=O)C2CC(=O)N(c3ccc4c(c3)OCO4)C2)n1C. The van der Waals surface area contributed by atoms with Crippen LogP contribution in [0.15, 0.2) is 30.3 Å². The van der Waals surface area contributed by atoms with E-state index in [9.17, 15) is 9.59 Å². The molecule has 1 fully saturated rings. The Morgan fingerprint density at radius 1 is 1.23 bits per heavy atom. The minimum atomic E-state index is -0.353. The zero-order valence-corrected chi connectivity index (χ0v) is 14.8. The third-order valence-corrected chi connectivity index (χ3v) is 5.08. The van der Waals surface area contributed by atoms with Crippen LogP contribution in [-0.2, 0) is 23.2 Å². The van der Waals surface area contributed by atoms with Crippen molar-refractivity contribution in [1.82, 2.24) is 9.88 Å². The molecule has 7 nitrogen and oxygen atoms in total. The Hall–Kier alpha value is -2.96. The van der Waals surface area contributed by atoms with Gasteiger partial charge in [-0.15, -0.1) is 0 Å². The Morgan fingerprint density at radius 2 is 2.04 bits per heavy atom. The number of hydrogen-bond acceptors (Lipinski definition) is 4. The number of hydrogen-bond donors (Lipinski definition) is 1. The molecule has 7 heteroatoms. The predicted molar refractivity (Wildman–Crippen MR) is 95.0 cm³/mol. The number of aromatic nitrogens is 1. The highest BCUT2D eigenvalue weighted by atomic mass is 16.7. The van der Waals surface area contributed by atoms with Crippen molar-refractivity contribution in [2.24, 2.45) is 13.0 Å². The molecule has 1 unspecified atom stereocenters. The van der Waals surface area contributed by atoms with Gasteiger partial charge in [0.15, 0.2) is 11.5 Å². The number of anilines is 1. The van der Waals surface area contributed by atoms with Crippen molar-refractivity contribution in [2.45, 2.75) is 19.9 Å². The molecule has 2 aliphatic heterocycles. The fourth-order valence-electron chi connectivity index (χ4n) is 3.35. The van der Waals surface area contributed by atoms with E-state index in [1.807, 2.05) is 36.7 Å². The normalized spacial score (nSPS) is 18.5. The molecule has 2 aromatic rings. The Balaban J connectivity index is 1.41. The van der Waals surface area contributed by atoms with E-state index in [2.05, 4.69) is 5.32 Å². The average molecular weight is 355 g/mol. The van der Waals surface area contributed by atoms with Crippen LogP contribution in [0.1, 0.15) is 17.8 Å². The van der Waals surface area contributed by atoms with E-state index in [-0.39, 0.29) is 30.9 Å². The number of aryl methyl sites for hydroxylation is 1. The first-order chi connectivity index (χ1) is 12.5. The molecule has 1 N–H and O–H groups in total. The minimum Gasteiger partial charge on any atom is -0.454 e. The quantitative estimate of drug-likeness (QED) is 0.907. The Kier molecular flexibility index (Phi) is 4.06. The molecule has 26 heavy (non-hydrogen) atoms. The monoisotopic (exact) mass is 355 g/mol. The fourth-order valence-corrected chi connectivity index (χ4v) is 3.35. The highest BCUT2D eigenvalue weighted by Crippen LogP contribution is 2.37. The predicted octanol–water partition coefficient (Wildman–Crippen LogP) is 1.73. The lowest BCUT2D eigenvalue weighted by Crippen LogP contribution is -2.33. The summed E-state index contributed by atoms with van der Waals surface area (Å²) in [6.45, 7) is 3.04. The second-order valence-electron chi connectivity index (χ2n) is 6.69. The Bertz CT molecular complexity index is 874. The van der Waals surface area contributed by atoms with Crippen molar-refractivity contribution in [3.05, 3.63) is 41.7 Å². The molecule has 0 aliphatic carbocycles. The number of benzene rings is 1. The van der Waals surface area contributed by atoms with Gasteiger partial charge in [-0.2, -0.15) is 0 Å². The second-order valence-corrected chi connectivity index (χ2v) is 6.69. The van der Waals surface area contributed by atoms with Crippen LogP contribution in [0.25, 0.3) is 0 Å². The van der Waals surface area contributed by atoms with Crippen LogP contribution in [0.3, 0.4) is 0 Å². The van der Waals surface area contributed by atoms with E-state index in [0.29, 0.717) is 24.6 Å². The number of rotatable bonds is 4. The summed E-state index contributed by atoms with van der Waals surface area (Å²) in [6, 6.07) is 9.40. The van der Waals surface area contributed by atoms with Gasteiger partial charge in [-0.1, -0.05) is 0 Å². The van der Waals surface area contributed by atoms with Gasteiger partial charge in [-0.05, 0) is 31.2 Å². The second kappa shape index (κ2) is 6.40. The van der Waals surface area contributed by atoms with Crippen LogP contribution in [-0.4, -0.2) is 29.7 Å². The molecular weight excluding hydrogens is 334 g/mol. The van der Waals surface area contributed by atoms with Crippen LogP contribution >= 0.6 is 0 Å². The van der Waals surface area contributed by atoms with Crippen LogP contribution in [0.5, 0.6) is 11.5 Å². The molecule has 1 aromatic carbocycles. The van der Waals surface area contributed by atoms with E-state index in [4.69, 9.17) is 9.47 Å². The number of fused-ring (bicyclic) bond motifs is 1. The lowest BCUT2D eigenvalue weighted by Gasteiger charge is -2.17. The molecule has 3 heterocycles. The molecule has 0 spiro atoms. The Morgan fingerprint density at radius 3 is 2.81 bits per heavy atom. The largest absolute Gasteiger partial charge is 0.454 e. The third-order valence-electron chi connectivity index (χ3n) is 5.08.